The Morgan fingerprint density at radius 2 is 1.71 bits per heavy atom. The highest BCUT2D eigenvalue weighted by Gasteiger charge is 2.13. The minimum Gasteiger partial charge on any atom is -0.310 e. The normalized spacial score (nSPS) is 15.0. The van der Waals surface area contributed by atoms with Crippen LogP contribution in [0.4, 0.5) is 0 Å². The zero-order valence-electron chi connectivity index (χ0n) is 12.8. The van der Waals surface area contributed by atoms with Gasteiger partial charge in [-0.1, -0.05) is 49.4 Å². The largest absolute Gasteiger partial charge is 0.310 e. The molecule has 0 aliphatic rings. The fourth-order valence-corrected chi connectivity index (χ4v) is 3.84. The first kappa shape index (κ1) is 16.0. The number of fused-ring (bicyclic) bond motifs is 1. The van der Waals surface area contributed by atoms with Gasteiger partial charge in [0.15, 0.2) is 0 Å². The van der Waals surface area contributed by atoms with E-state index >= 15 is 0 Å². The minimum absolute atomic E-state index is 0.109. The smallest absolute Gasteiger partial charge is 0.147 e. The van der Waals surface area contributed by atoms with Gasteiger partial charge in [0.05, 0.1) is 5.75 Å². The molecule has 2 aromatic carbocycles. The molecule has 114 valence electrons. The lowest BCUT2D eigenvalue weighted by molar-refractivity contribution is 0.493. The zero-order valence-corrected chi connectivity index (χ0v) is 13.7. The van der Waals surface area contributed by atoms with Gasteiger partial charge in [-0.05, 0) is 35.7 Å². The molecule has 0 unspecified atom stereocenters. The van der Waals surface area contributed by atoms with E-state index in [1.165, 1.54) is 22.6 Å². The van der Waals surface area contributed by atoms with E-state index in [2.05, 4.69) is 42.6 Å². The Bertz CT molecular complexity index is 704. The van der Waals surface area contributed by atoms with Gasteiger partial charge in [0.25, 0.3) is 0 Å². The molecule has 0 saturated carbocycles. The van der Waals surface area contributed by atoms with Crippen LogP contribution in [0.25, 0.3) is 10.8 Å². The summed E-state index contributed by atoms with van der Waals surface area (Å²) < 4.78 is 22.6. The predicted octanol–water partition coefficient (Wildman–Crippen LogP) is 3.17. The average Bonchev–Trinajstić information content (AvgIpc) is 2.42. The van der Waals surface area contributed by atoms with Crippen LogP contribution in [0.5, 0.6) is 0 Å². The van der Waals surface area contributed by atoms with Crippen molar-refractivity contribution in [2.75, 3.05) is 18.6 Å². The number of sulfone groups is 1. The highest BCUT2D eigenvalue weighted by Crippen LogP contribution is 2.24. The van der Waals surface area contributed by atoms with E-state index in [-0.39, 0.29) is 17.7 Å². The summed E-state index contributed by atoms with van der Waals surface area (Å²) >= 11 is 0. The minimum atomic E-state index is -2.91. The van der Waals surface area contributed by atoms with Crippen LogP contribution >= 0.6 is 0 Å². The Morgan fingerprint density at radius 1 is 1.05 bits per heavy atom. The summed E-state index contributed by atoms with van der Waals surface area (Å²) in [7, 11) is -2.91. The lowest BCUT2D eigenvalue weighted by atomic mass is 9.99. The average molecular weight is 305 g/mol. The lowest BCUT2D eigenvalue weighted by Crippen LogP contribution is -2.28. The second kappa shape index (κ2) is 6.58. The monoisotopic (exact) mass is 305 g/mol. The van der Waals surface area contributed by atoms with Gasteiger partial charge in [0.1, 0.15) is 9.84 Å². The third-order valence-corrected chi connectivity index (χ3v) is 4.82. The molecule has 2 atom stereocenters. The summed E-state index contributed by atoms with van der Waals surface area (Å²) in [6.07, 6.45) is 1.29. The summed E-state index contributed by atoms with van der Waals surface area (Å²) in [5.74, 6) is 0.333. The summed E-state index contributed by atoms with van der Waals surface area (Å²) in [4.78, 5) is 0. The summed E-state index contributed by atoms with van der Waals surface area (Å²) in [6.45, 7) is 4.77. The van der Waals surface area contributed by atoms with Crippen LogP contribution < -0.4 is 5.32 Å². The molecule has 0 aliphatic heterocycles. The number of nitrogens with one attached hydrogen (secondary N) is 1. The lowest BCUT2D eigenvalue weighted by Gasteiger charge is -2.19. The SMILES string of the molecule is C[C@@H](CN[C@@H](C)c1cccc2ccccc12)CS(C)(=O)=O. The van der Waals surface area contributed by atoms with Crippen LogP contribution in [0.15, 0.2) is 42.5 Å². The van der Waals surface area contributed by atoms with Crippen molar-refractivity contribution in [2.45, 2.75) is 19.9 Å². The van der Waals surface area contributed by atoms with Crippen molar-refractivity contribution in [1.29, 1.82) is 0 Å². The van der Waals surface area contributed by atoms with Crippen molar-refractivity contribution in [2.24, 2.45) is 5.92 Å². The Morgan fingerprint density at radius 3 is 2.43 bits per heavy atom. The molecule has 2 aromatic rings. The van der Waals surface area contributed by atoms with E-state index in [0.29, 0.717) is 6.54 Å². The molecule has 0 amide bonds. The standard InChI is InChI=1S/C17H23NO2S/c1-13(12-21(3,19)20)11-18-14(2)16-10-6-8-15-7-4-5-9-17(15)16/h4-10,13-14,18H,11-12H2,1-3H3/t13-,14-/m0/s1. The molecule has 0 aliphatic carbocycles. The van der Waals surface area contributed by atoms with Gasteiger partial charge in [-0.25, -0.2) is 8.42 Å². The van der Waals surface area contributed by atoms with Gasteiger partial charge in [-0.3, -0.25) is 0 Å². The maximum Gasteiger partial charge on any atom is 0.147 e. The van der Waals surface area contributed by atoms with Gasteiger partial charge >= 0.3 is 0 Å². The fraction of sp³-hybridized carbons (Fsp3) is 0.412. The summed E-state index contributed by atoms with van der Waals surface area (Å²) in [5.41, 5.74) is 1.25. The molecule has 0 aromatic heterocycles. The molecular weight excluding hydrogens is 282 g/mol. The molecule has 0 radical (unpaired) electrons. The van der Waals surface area contributed by atoms with Gasteiger partial charge < -0.3 is 5.32 Å². The molecule has 0 spiro atoms. The maximum atomic E-state index is 11.3. The molecule has 4 heteroatoms. The first-order valence-corrected chi connectivity index (χ1v) is 9.31. The Hall–Kier alpha value is -1.39. The first-order valence-electron chi connectivity index (χ1n) is 7.25. The van der Waals surface area contributed by atoms with Crippen LogP contribution in [0.2, 0.25) is 0 Å². The van der Waals surface area contributed by atoms with Crippen LogP contribution in [0.3, 0.4) is 0 Å². The third kappa shape index (κ3) is 4.55. The van der Waals surface area contributed by atoms with Gasteiger partial charge in [0.2, 0.25) is 0 Å². The molecular formula is C17H23NO2S. The van der Waals surface area contributed by atoms with Crippen LogP contribution in [-0.2, 0) is 9.84 Å². The van der Waals surface area contributed by atoms with E-state index in [9.17, 15) is 8.42 Å². The molecule has 0 bridgehead atoms. The van der Waals surface area contributed by atoms with Crippen molar-refractivity contribution in [1.82, 2.24) is 5.32 Å². The number of rotatable bonds is 6. The predicted molar refractivity (Wildman–Crippen MR) is 89.2 cm³/mol. The second-order valence-corrected chi connectivity index (χ2v) is 8.08. The van der Waals surface area contributed by atoms with E-state index in [1.807, 2.05) is 19.1 Å². The molecule has 0 heterocycles. The van der Waals surface area contributed by atoms with E-state index in [1.54, 1.807) is 0 Å². The second-order valence-electron chi connectivity index (χ2n) is 5.90. The number of hydrogen-bond donors (Lipinski definition) is 1. The molecule has 1 N–H and O–H groups in total. The molecule has 2 rings (SSSR count). The van der Waals surface area contributed by atoms with Gasteiger partial charge in [-0.2, -0.15) is 0 Å². The van der Waals surface area contributed by atoms with Crippen LogP contribution in [0, 0.1) is 5.92 Å². The number of hydrogen-bond acceptors (Lipinski definition) is 3. The fourth-order valence-electron chi connectivity index (χ4n) is 2.69. The van der Waals surface area contributed by atoms with Crippen molar-refractivity contribution in [3.63, 3.8) is 0 Å². The highest BCUT2D eigenvalue weighted by molar-refractivity contribution is 7.90. The van der Waals surface area contributed by atoms with Crippen LogP contribution in [0.1, 0.15) is 25.5 Å². The third-order valence-electron chi connectivity index (χ3n) is 3.65. The summed E-state index contributed by atoms with van der Waals surface area (Å²) in [6, 6.07) is 14.8. The van der Waals surface area contributed by atoms with E-state index < -0.39 is 9.84 Å². The topological polar surface area (TPSA) is 46.2 Å². The Kier molecular flexibility index (Phi) is 5.01. The van der Waals surface area contributed by atoms with Crippen molar-refractivity contribution in [3.8, 4) is 0 Å². The van der Waals surface area contributed by atoms with E-state index in [4.69, 9.17) is 0 Å². The van der Waals surface area contributed by atoms with Crippen molar-refractivity contribution in [3.05, 3.63) is 48.0 Å². The highest BCUT2D eigenvalue weighted by atomic mass is 32.2. The quantitative estimate of drug-likeness (QED) is 0.891. The first-order chi connectivity index (χ1) is 9.87. The molecule has 0 saturated heterocycles. The molecule has 3 nitrogen and oxygen atoms in total. The van der Waals surface area contributed by atoms with E-state index in [0.717, 1.165) is 0 Å². The van der Waals surface area contributed by atoms with Crippen LogP contribution in [-0.4, -0.2) is 27.0 Å². The Balaban J connectivity index is 2.07. The molecule has 21 heavy (non-hydrogen) atoms. The zero-order chi connectivity index (χ0) is 15.5. The van der Waals surface area contributed by atoms with Gasteiger partial charge in [0, 0.05) is 12.3 Å². The van der Waals surface area contributed by atoms with Gasteiger partial charge in [-0.15, -0.1) is 0 Å². The Labute approximate surface area is 127 Å². The van der Waals surface area contributed by atoms with Crippen molar-refractivity contribution >= 4 is 20.6 Å². The van der Waals surface area contributed by atoms with Crippen molar-refractivity contribution < 1.29 is 8.42 Å². The number of benzene rings is 2. The maximum absolute atomic E-state index is 11.3. The molecule has 0 fully saturated rings. The summed E-state index contributed by atoms with van der Waals surface area (Å²) in [5, 5.41) is 5.92.